The maximum atomic E-state index is 13.7. The van der Waals surface area contributed by atoms with Crippen molar-refractivity contribution in [1.29, 1.82) is 5.41 Å². The summed E-state index contributed by atoms with van der Waals surface area (Å²) >= 11 is 0. The van der Waals surface area contributed by atoms with E-state index in [1.54, 1.807) is 12.0 Å². The quantitative estimate of drug-likeness (QED) is 0.436. The fraction of sp³-hybridized carbons (Fsp3) is 0.533. The van der Waals surface area contributed by atoms with Crippen LogP contribution in [0.25, 0.3) is 0 Å². The third-order valence-corrected chi connectivity index (χ3v) is 7.80. The molecule has 1 saturated heterocycles. The zero-order chi connectivity index (χ0) is 27.9. The molecule has 3 aliphatic rings. The first-order chi connectivity index (χ1) is 18.5. The van der Waals surface area contributed by atoms with Crippen molar-refractivity contribution < 1.29 is 24.2 Å². The molecule has 1 aromatic heterocycles. The first kappa shape index (κ1) is 27.1. The van der Waals surface area contributed by atoms with Gasteiger partial charge in [0.15, 0.2) is 12.4 Å². The summed E-state index contributed by atoms with van der Waals surface area (Å²) < 4.78 is 11.3. The third-order valence-electron chi connectivity index (χ3n) is 7.80. The Kier molecular flexibility index (Phi) is 7.37. The lowest BCUT2D eigenvalue weighted by Gasteiger charge is -2.29. The van der Waals surface area contributed by atoms with Gasteiger partial charge in [0, 0.05) is 61.0 Å². The molecule has 0 spiro atoms. The topological polar surface area (TPSA) is 116 Å². The molecule has 208 valence electrons. The number of Topliss-reactive ketones (excluding diaryl/α,β-unsaturated/α-hetero) is 1. The van der Waals surface area contributed by atoms with Crippen molar-refractivity contribution in [3.05, 3.63) is 52.3 Å². The van der Waals surface area contributed by atoms with E-state index in [0.29, 0.717) is 47.8 Å². The van der Waals surface area contributed by atoms with Crippen LogP contribution in [0, 0.1) is 11.3 Å². The molecule has 0 radical (unpaired) electrons. The Morgan fingerprint density at radius 3 is 2.62 bits per heavy atom. The molecule has 1 atom stereocenters. The van der Waals surface area contributed by atoms with Crippen LogP contribution < -0.4 is 9.64 Å². The molecule has 3 heterocycles. The smallest absolute Gasteiger partial charge is 0.341 e. The van der Waals surface area contributed by atoms with Gasteiger partial charge in [0.2, 0.25) is 0 Å². The van der Waals surface area contributed by atoms with E-state index in [9.17, 15) is 14.7 Å². The number of hydrogen-bond donors (Lipinski definition) is 2. The second kappa shape index (κ2) is 10.6. The average Bonchev–Trinajstić information content (AvgIpc) is 3.56. The Labute approximate surface area is 229 Å². The van der Waals surface area contributed by atoms with Gasteiger partial charge in [-0.15, -0.1) is 0 Å². The lowest BCUT2D eigenvalue weighted by molar-refractivity contribution is -0.139. The first-order valence-electron chi connectivity index (χ1n) is 13.7. The summed E-state index contributed by atoms with van der Waals surface area (Å²) in [6.07, 6.45) is 3.23. The van der Waals surface area contributed by atoms with E-state index in [1.807, 2.05) is 39.0 Å². The fourth-order valence-electron chi connectivity index (χ4n) is 5.55. The number of rotatable bonds is 10. The number of nitrogens with one attached hydrogen (secondary N) is 1. The van der Waals surface area contributed by atoms with Crippen LogP contribution in [-0.4, -0.2) is 72.5 Å². The van der Waals surface area contributed by atoms with E-state index in [-0.39, 0.29) is 12.3 Å². The number of benzene rings is 1. The molecule has 2 aromatic rings. The van der Waals surface area contributed by atoms with E-state index < -0.39 is 18.0 Å². The van der Waals surface area contributed by atoms with Crippen LogP contribution in [0.4, 0.5) is 5.69 Å². The molecule has 39 heavy (non-hydrogen) atoms. The molecule has 9 heteroatoms. The highest BCUT2D eigenvalue weighted by Gasteiger charge is 2.33. The van der Waals surface area contributed by atoms with Gasteiger partial charge in [-0.1, -0.05) is 26.8 Å². The average molecular weight is 535 g/mol. The largest absolute Gasteiger partial charge is 0.479 e. The number of carboxylic acid groups (broad SMARTS) is 1. The van der Waals surface area contributed by atoms with Gasteiger partial charge in [-0.3, -0.25) is 10.2 Å². The van der Waals surface area contributed by atoms with E-state index in [4.69, 9.17) is 19.9 Å². The molecule has 1 saturated carbocycles. The Bertz CT molecular complexity index is 1300. The summed E-state index contributed by atoms with van der Waals surface area (Å²) in [6, 6.07) is 7.77. The number of methoxy groups -OCH3 is 1. The number of ether oxygens (including phenoxy) is 2. The molecule has 2 N–H and O–H groups in total. The molecule has 1 aromatic carbocycles. The van der Waals surface area contributed by atoms with Crippen molar-refractivity contribution in [2.24, 2.45) is 5.92 Å². The molecule has 0 bridgehead atoms. The summed E-state index contributed by atoms with van der Waals surface area (Å²) in [5.74, 6) is 0.503. The van der Waals surface area contributed by atoms with Gasteiger partial charge in [0.05, 0.1) is 18.8 Å². The van der Waals surface area contributed by atoms with Gasteiger partial charge >= 0.3 is 5.97 Å². The van der Waals surface area contributed by atoms with Crippen LogP contribution >= 0.6 is 0 Å². The number of aliphatic carboxylic acids is 1. The van der Waals surface area contributed by atoms with Crippen molar-refractivity contribution in [1.82, 2.24) is 9.88 Å². The van der Waals surface area contributed by atoms with Crippen LogP contribution in [0.15, 0.2) is 24.3 Å². The van der Waals surface area contributed by atoms with E-state index in [1.165, 1.54) is 0 Å². The summed E-state index contributed by atoms with van der Waals surface area (Å²) in [6.45, 7) is 8.32. The molecular weight excluding hydrogens is 496 g/mol. The Morgan fingerprint density at radius 1 is 1.18 bits per heavy atom. The lowest BCUT2D eigenvalue weighted by atomic mass is 9.84. The normalized spacial score (nSPS) is 19.0. The number of pyridine rings is 1. The minimum absolute atomic E-state index is 0.0681. The highest BCUT2D eigenvalue weighted by molar-refractivity contribution is 6.05. The number of fused-ring (bicyclic) bond motifs is 1. The highest BCUT2D eigenvalue weighted by atomic mass is 16.5. The number of carbonyl (C=O) groups is 2. The van der Waals surface area contributed by atoms with E-state index in [2.05, 4.69) is 11.0 Å². The molecule has 9 nitrogen and oxygen atoms in total. The zero-order valence-electron chi connectivity index (χ0n) is 23.2. The van der Waals surface area contributed by atoms with Gasteiger partial charge < -0.3 is 24.4 Å². The summed E-state index contributed by atoms with van der Waals surface area (Å²) in [4.78, 5) is 33.9. The summed E-state index contributed by atoms with van der Waals surface area (Å²) in [7, 11) is 1.69. The SMILES string of the molecule is COCC1CCN(c2cc(C(=O)CN3Cc4ccc(C5CC5)nc4C3=N)cc(C(C)(C)C)c2OCC(=O)O)C1. The van der Waals surface area contributed by atoms with Crippen LogP contribution in [0.2, 0.25) is 0 Å². The van der Waals surface area contributed by atoms with Gasteiger partial charge in [-0.25, -0.2) is 9.78 Å². The van der Waals surface area contributed by atoms with Crippen molar-refractivity contribution in [3.63, 3.8) is 0 Å². The van der Waals surface area contributed by atoms with Crippen LogP contribution in [0.3, 0.4) is 0 Å². The van der Waals surface area contributed by atoms with Gasteiger partial charge in [-0.2, -0.15) is 0 Å². The monoisotopic (exact) mass is 534 g/mol. The molecule has 2 fully saturated rings. The number of ketones is 1. The molecule has 0 amide bonds. The van der Waals surface area contributed by atoms with Crippen molar-refractivity contribution in [2.45, 2.75) is 57.9 Å². The predicted molar refractivity (Wildman–Crippen MR) is 148 cm³/mol. The van der Waals surface area contributed by atoms with Gasteiger partial charge in [-0.05, 0) is 42.9 Å². The minimum Gasteiger partial charge on any atom is -0.479 e. The Morgan fingerprint density at radius 2 is 1.95 bits per heavy atom. The summed E-state index contributed by atoms with van der Waals surface area (Å²) in [5.41, 5.74) is 4.36. The summed E-state index contributed by atoms with van der Waals surface area (Å²) in [5, 5.41) is 18.1. The molecular formula is C30H38N4O5. The Balaban J connectivity index is 1.45. The lowest BCUT2D eigenvalue weighted by Crippen LogP contribution is -2.31. The number of amidine groups is 1. The first-order valence-corrected chi connectivity index (χ1v) is 13.7. The minimum atomic E-state index is -1.05. The van der Waals surface area contributed by atoms with Crippen LogP contribution in [0.5, 0.6) is 5.75 Å². The maximum absolute atomic E-state index is 13.7. The number of carboxylic acids is 1. The molecule has 1 aliphatic carbocycles. The maximum Gasteiger partial charge on any atom is 0.341 e. The second-order valence-electron chi connectivity index (χ2n) is 12.0. The Hall–Kier alpha value is -3.46. The standard InChI is InChI=1S/C30H38N4O5/c1-30(2,3)22-11-21(12-24(28(22)39-17-26(36)37)33-10-9-18(13-33)16-38-4)25(35)15-34-14-20-7-8-23(19-5-6-19)32-27(20)29(34)31/h7-8,11-12,18-19,31H,5-6,9-10,13-17H2,1-4H3,(H,36,37). The molecule has 5 rings (SSSR count). The number of anilines is 1. The van der Waals surface area contributed by atoms with Crippen molar-refractivity contribution in [2.75, 3.05) is 44.9 Å². The number of hydrogen-bond acceptors (Lipinski definition) is 7. The highest BCUT2D eigenvalue weighted by Crippen LogP contribution is 2.43. The zero-order valence-corrected chi connectivity index (χ0v) is 23.2. The number of aromatic nitrogens is 1. The van der Waals surface area contributed by atoms with Gasteiger partial charge in [0.1, 0.15) is 17.3 Å². The van der Waals surface area contributed by atoms with Crippen LogP contribution in [0.1, 0.15) is 78.8 Å². The number of nitrogens with zero attached hydrogens (tertiary/aromatic N) is 3. The van der Waals surface area contributed by atoms with Crippen molar-refractivity contribution >= 4 is 23.3 Å². The van der Waals surface area contributed by atoms with E-state index >= 15 is 0 Å². The van der Waals surface area contributed by atoms with Crippen LogP contribution in [-0.2, 0) is 21.5 Å². The second-order valence-corrected chi connectivity index (χ2v) is 12.0. The van der Waals surface area contributed by atoms with Gasteiger partial charge in [0.25, 0.3) is 0 Å². The molecule has 2 aliphatic heterocycles. The van der Waals surface area contributed by atoms with Crippen molar-refractivity contribution in [3.8, 4) is 5.75 Å². The number of carbonyl (C=O) groups excluding carboxylic acids is 1. The van der Waals surface area contributed by atoms with E-state index in [0.717, 1.165) is 54.9 Å². The predicted octanol–water partition coefficient (Wildman–Crippen LogP) is 4.22. The fourth-order valence-corrected chi connectivity index (χ4v) is 5.55. The third kappa shape index (κ3) is 5.78. The molecule has 1 unspecified atom stereocenters.